The van der Waals surface area contributed by atoms with E-state index in [0.717, 1.165) is 32.6 Å². The summed E-state index contributed by atoms with van der Waals surface area (Å²) in [4.78, 5) is 13.7. The van der Waals surface area contributed by atoms with Crippen LogP contribution in [-0.4, -0.2) is 49.3 Å². The molecule has 5 heteroatoms. The maximum Gasteiger partial charge on any atom is 0.329 e. The summed E-state index contributed by atoms with van der Waals surface area (Å²) >= 11 is 0. The van der Waals surface area contributed by atoms with Crippen LogP contribution in [0.25, 0.3) is 0 Å². The number of benzene rings is 1. The molecule has 1 aromatic carbocycles. The Morgan fingerprint density at radius 2 is 2.00 bits per heavy atom. The standard InChI is InChI=1S/C16H24N2O3/c1-18(11-13-7-9-21-10-8-13)12-16(17,15(19)20)14-5-3-2-4-6-14/h2-6,13H,7-12,17H2,1H3,(H,19,20). The highest BCUT2D eigenvalue weighted by molar-refractivity contribution is 5.80. The van der Waals surface area contributed by atoms with Crippen molar-refractivity contribution in [2.45, 2.75) is 18.4 Å². The summed E-state index contributed by atoms with van der Waals surface area (Å²) in [7, 11) is 1.93. The van der Waals surface area contributed by atoms with Gasteiger partial charge in [0.2, 0.25) is 0 Å². The second-order valence-electron chi connectivity index (χ2n) is 5.90. The van der Waals surface area contributed by atoms with Gasteiger partial charge in [-0.1, -0.05) is 30.3 Å². The number of aliphatic carboxylic acids is 1. The normalized spacial score (nSPS) is 19.4. The highest BCUT2D eigenvalue weighted by Crippen LogP contribution is 2.22. The van der Waals surface area contributed by atoms with Gasteiger partial charge in [0.1, 0.15) is 0 Å². The maximum absolute atomic E-state index is 11.7. The number of hydrogen-bond acceptors (Lipinski definition) is 4. The van der Waals surface area contributed by atoms with E-state index in [9.17, 15) is 9.90 Å². The monoisotopic (exact) mass is 292 g/mol. The van der Waals surface area contributed by atoms with Crippen molar-refractivity contribution < 1.29 is 14.6 Å². The minimum atomic E-state index is -1.37. The molecule has 0 saturated carbocycles. The molecule has 0 radical (unpaired) electrons. The molecular formula is C16H24N2O3. The Hall–Kier alpha value is -1.43. The van der Waals surface area contributed by atoms with E-state index in [-0.39, 0.29) is 0 Å². The second-order valence-corrected chi connectivity index (χ2v) is 5.90. The quantitative estimate of drug-likeness (QED) is 0.826. The third-order valence-electron chi connectivity index (χ3n) is 4.10. The van der Waals surface area contributed by atoms with Crippen LogP contribution in [0.5, 0.6) is 0 Å². The molecule has 2 rings (SSSR count). The lowest BCUT2D eigenvalue weighted by Crippen LogP contribution is -2.53. The van der Waals surface area contributed by atoms with Gasteiger partial charge in [-0.05, 0) is 31.4 Å². The Kier molecular flexibility index (Phi) is 5.33. The minimum Gasteiger partial charge on any atom is -0.480 e. The van der Waals surface area contributed by atoms with Crippen molar-refractivity contribution in [1.29, 1.82) is 0 Å². The highest BCUT2D eigenvalue weighted by atomic mass is 16.5. The van der Waals surface area contributed by atoms with Gasteiger partial charge in [0.05, 0.1) is 0 Å². The molecule has 0 aromatic heterocycles. The van der Waals surface area contributed by atoms with E-state index in [1.54, 1.807) is 12.1 Å². The summed E-state index contributed by atoms with van der Waals surface area (Å²) in [5, 5.41) is 9.57. The molecule has 1 unspecified atom stereocenters. The van der Waals surface area contributed by atoms with Gasteiger partial charge in [-0.15, -0.1) is 0 Å². The van der Waals surface area contributed by atoms with Crippen LogP contribution in [0.1, 0.15) is 18.4 Å². The predicted molar refractivity (Wildman–Crippen MR) is 81.0 cm³/mol. The zero-order valence-corrected chi connectivity index (χ0v) is 12.5. The number of ether oxygens (including phenoxy) is 1. The van der Waals surface area contributed by atoms with Crippen molar-refractivity contribution in [2.75, 3.05) is 33.4 Å². The first-order valence-corrected chi connectivity index (χ1v) is 7.36. The first-order valence-electron chi connectivity index (χ1n) is 7.36. The fourth-order valence-electron chi connectivity index (χ4n) is 2.88. The van der Waals surface area contributed by atoms with Crippen LogP contribution in [0.4, 0.5) is 0 Å². The number of nitrogens with two attached hydrogens (primary N) is 1. The smallest absolute Gasteiger partial charge is 0.329 e. The van der Waals surface area contributed by atoms with Crippen LogP contribution in [0, 0.1) is 5.92 Å². The predicted octanol–water partition coefficient (Wildman–Crippen LogP) is 1.28. The molecule has 1 aromatic rings. The topological polar surface area (TPSA) is 75.8 Å². The molecule has 3 N–H and O–H groups in total. The molecule has 21 heavy (non-hydrogen) atoms. The molecule has 5 nitrogen and oxygen atoms in total. The second kappa shape index (κ2) is 7.02. The zero-order valence-electron chi connectivity index (χ0n) is 12.5. The molecule has 1 saturated heterocycles. The van der Waals surface area contributed by atoms with Gasteiger partial charge in [-0.3, -0.25) is 0 Å². The van der Waals surface area contributed by atoms with E-state index >= 15 is 0 Å². The summed E-state index contributed by atoms with van der Waals surface area (Å²) < 4.78 is 5.35. The van der Waals surface area contributed by atoms with Crippen molar-refractivity contribution in [2.24, 2.45) is 11.7 Å². The van der Waals surface area contributed by atoms with E-state index in [4.69, 9.17) is 10.5 Å². The number of rotatable bonds is 6. The molecule has 1 aliphatic rings. The lowest BCUT2D eigenvalue weighted by Gasteiger charge is -2.33. The lowest BCUT2D eigenvalue weighted by atomic mass is 9.90. The fraction of sp³-hybridized carbons (Fsp3) is 0.562. The van der Waals surface area contributed by atoms with Crippen molar-refractivity contribution in [1.82, 2.24) is 4.90 Å². The van der Waals surface area contributed by atoms with Crippen LogP contribution >= 0.6 is 0 Å². The van der Waals surface area contributed by atoms with Crippen molar-refractivity contribution >= 4 is 5.97 Å². The highest BCUT2D eigenvalue weighted by Gasteiger charge is 2.37. The summed E-state index contributed by atoms with van der Waals surface area (Å²) in [5.74, 6) is -0.440. The average Bonchev–Trinajstić information content (AvgIpc) is 2.48. The third kappa shape index (κ3) is 4.03. The van der Waals surface area contributed by atoms with E-state index in [1.165, 1.54) is 0 Å². The molecular weight excluding hydrogens is 268 g/mol. The summed E-state index contributed by atoms with van der Waals surface area (Å²) in [6, 6.07) is 9.04. The number of carbonyl (C=O) groups is 1. The van der Waals surface area contributed by atoms with Gasteiger partial charge in [0.15, 0.2) is 5.54 Å². The molecule has 0 spiro atoms. The SMILES string of the molecule is CN(CC1CCOCC1)CC(N)(C(=O)O)c1ccccc1. The zero-order chi connectivity index (χ0) is 15.3. The van der Waals surface area contributed by atoms with E-state index in [2.05, 4.69) is 0 Å². The van der Waals surface area contributed by atoms with Crippen LogP contribution in [-0.2, 0) is 15.1 Å². The van der Waals surface area contributed by atoms with Gasteiger partial charge < -0.3 is 20.5 Å². The van der Waals surface area contributed by atoms with Gasteiger partial charge in [-0.25, -0.2) is 4.79 Å². The van der Waals surface area contributed by atoms with E-state index in [0.29, 0.717) is 18.0 Å². The fourth-order valence-corrected chi connectivity index (χ4v) is 2.88. The van der Waals surface area contributed by atoms with Crippen molar-refractivity contribution in [3.8, 4) is 0 Å². The number of likely N-dealkylation sites (N-methyl/N-ethyl adjacent to an activating group) is 1. The van der Waals surface area contributed by atoms with Gasteiger partial charge in [0, 0.05) is 26.3 Å². The molecule has 1 atom stereocenters. The maximum atomic E-state index is 11.7. The number of hydrogen-bond donors (Lipinski definition) is 2. The van der Waals surface area contributed by atoms with Gasteiger partial charge in [-0.2, -0.15) is 0 Å². The Labute approximate surface area is 125 Å². The summed E-state index contributed by atoms with van der Waals surface area (Å²) in [6.45, 7) is 2.74. The molecule has 1 aliphatic heterocycles. The van der Waals surface area contributed by atoms with Gasteiger partial charge in [0.25, 0.3) is 0 Å². The van der Waals surface area contributed by atoms with Crippen molar-refractivity contribution in [3.63, 3.8) is 0 Å². The third-order valence-corrected chi connectivity index (χ3v) is 4.10. The number of carboxylic acid groups (broad SMARTS) is 1. The molecule has 0 bridgehead atoms. The number of nitrogens with zero attached hydrogens (tertiary/aromatic N) is 1. The Bertz CT molecular complexity index is 460. The molecule has 1 heterocycles. The molecule has 0 aliphatic carbocycles. The van der Waals surface area contributed by atoms with E-state index in [1.807, 2.05) is 30.1 Å². The van der Waals surface area contributed by atoms with Crippen LogP contribution < -0.4 is 5.73 Å². The lowest BCUT2D eigenvalue weighted by molar-refractivity contribution is -0.144. The minimum absolute atomic E-state index is 0.295. The Balaban J connectivity index is 2.03. The molecule has 116 valence electrons. The molecule has 1 fully saturated rings. The van der Waals surface area contributed by atoms with Crippen LogP contribution in [0.15, 0.2) is 30.3 Å². The van der Waals surface area contributed by atoms with Crippen LogP contribution in [0.2, 0.25) is 0 Å². The molecule has 0 amide bonds. The van der Waals surface area contributed by atoms with E-state index < -0.39 is 11.5 Å². The Morgan fingerprint density at radius 1 is 1.38 bits per heavy atom. The average molecular weight is 292 g/mol. The largest absolute Gasteiger partial charge is 0.480 e. The van der Waals surface area contributed by atoms with Crippen LogP contribution in [0.3, 0.4) is 0 Å². The first-order chi connectivity index (χ1) is 10.0. The summed E-state index contributed by atoms with van der Waals surface area (Å²) in [5.41, 5.74) is 5.46. The Morgan fingerprint density at radius 3 is 2.57 bits per heavy atom. The van der Waals surface area contributed by atoms with Gasteiger partial charge >= 0.3 is 5.97 Å². The summed E-state index contributed by atoms with van der Waals surface area (Å²) in [6.07, 6.45) is 2.06. The number of carboxylic acids is 1. The first kappa shape index (κ1) is 15.9. The van der Waals surface area contributed by atoms with Crippen molar-refractivity contribution in [3.05, 3.63) is 35.9 Å².